The maximum atomic E-state index is 16.2. The molecule has 11 heteroatoms. The lowest BCUT2D eigenvalue weighted by atomic mass is 9.44. The predicted octanol–water partition coefficient (Wildman–Crippen LogP) is 7.16. The molecule has 0 amide bonds. The van der Waals surface area contributed by atoms with Gasteiger partial charge in [0, 0.05) is 55.1 Å². The summed E-state index contributed by atoms with van der Waals surface area (Å²) in [4.78, 5) is 46.6. The number of methoxy groups -OCH3 is 1. The van der Waals surface area contributed by atoms with Gasteiger partial charge in [0.2, 0.25) is 0 Å². The molecular weight excluding hydrogens is 739 g/mol. The minimum Gasteiger partial charge on any atom is -0.492 e. The average Bonchev–Trinajstić information content (AvgIpc) is 3.33. The van der Waals surface area contributed by atoms with E-state index in [9.17, 15) is 9.90 Å². The molecule has 1 aromatic carbocycles. The Bertz CT molecular complexity index is 1950. The number of Topliss-reactive ketones (excluding diaryl/α,β-unsaturated/α-hetero) is 2. The highest BCUT2D eigenvalue weighted by molar-refractivity contribution is 6.10. The second-order valence-electron chi connectivity index (χ2n) is 18.3. The Labute approximate surface area is 343 Å². The van der Waals surface area contributed by atoms with Gasteiger partial charge < -0.3 is 33.5 Å². The number of nitrogens with zero attached hydrogens (tertiary/aromatic N) is 1. The number of aliphatic hydroxyl groups is 1. The molecule has 3 aliphatic carbocycles. The van der Waals surface area contributed by atoms with Gasteiger partial charge in [0.1, 0.15) is 28.4 Å². The zero-order valence-corrected chi connectivity index (χ0v) is 36.0. The average molecular weight is 802 g/mol. The maximum absolute atomic E-state index is 16.2. The summed E-state index contributed by atoms with van der Waals surface area (Å²) >= 11 is 0. The van der Waals surface area contributed by atoms with E-state index in [1.165, 1.54) is 12.7 Å². The smallest absolute Gasteiger partial charge is 0.333 e. The van der Waals surface area contributed by atoms with Crippen molar-refractivity contribution in [3.05, 3.63) is 57.7 Å². The molecular formula is C47H63NO10. The molecule has 58 heavy (non-hydrogen) atoms. The first-order valence-electron chi connectivity index (χ1n) is 21.2. The van der Waals surface area contributed by atoms with Crippen LogP contribution in [0, 0.1) is 17.8 Å². The number of morpholine rings is 1. The Kier molecular flexibility index (Phi) is 11.7. The van der Waals surface area contributed by atoms with Crippen LogP contribution in [-0.2, 0) is 30.2 Å². The third-order valence-electron chi connectivity index (χ3n) is 13.5. The van der Waals surface area contributed by atoms with Crippen LogP contribution in [0.15, 0.2) is 41.0 Å². The van der Waals surface area contributed by atoms with Crippen molar-refractivity contribution in [3.63, 3.8) is 0 Å². The van der Waals surface area contributed by atoms with E-state index in [1.807, 2.05) is 33.8 Å². The highest BCUT2D eigenvalue weighted by Gasteiger charge is 2.86. The molecule has 3 saturated carbocycles. The maximum Gasteiger partial charge on any atom is 0.333 e. The van der Waals surface area contributed by atoms with E-state index in [0.29, 0.717) is 85.9 Å². The van der Waals surface area contributed by atoms with Gasteiger partial charge in [-0.3, -0.25) is 14.5 Å². The van der Waals surface area contributed by atoms with E-state index in [2.05, 4.69) is 43.9 Å². The van der Waals surface area contributed by atoms with Crippen molar-refractivity contribution in [2.45, 2.75) is 129 Å². The summed E-state index contributed by atoms with van der Waals surface area (Å²) in [6, 6.07) is -0.464. The molecule has 11 nitrogen and oxygen atoms in total. The fourth-order valence-corrected chi connectivity index (χ4v) is 10.8. The summed E-state index contributed by atoms with van der Waals surface area (Å²) in [5.74, 6) is -1.01. The van der Waals surface area contributed by atoms with Gasteiger partial charge in [-0.15, -0.1) is 0 Å². The van der Waals surface area contributed by atoms with E-state index in [1.54, 1.807) is 13.0 Å². The molecule has 5 fully saturated rings. The zero-order valence-electron chi connectivity index (χ0n) is 36.0. The Morgan fingerprint density at radius 2 is 1.71 bits per heavy atom. The number of allylic oxidation sites excluding steroid dienone is 4. The summed E-state index contributed by atoms with van der Waals surface area (Å²) in [6.45, 7) is 18.4. The Morgan fingerprint density at radius 1 is 0.983 bits per heavy atom. The molecule has 7 aliphatic rings. The molecule has 4 aliphatic heterocycles. The number of hydrogen-bond acceptors (Lipinski definition) is 11. The minimum atomic E-state index is -1.58. The summed E-state index contributed by atoms with van der Waals surface area (Å²) in [6.07, 6.45) is 13.8. The highest BCUT2D eigenvalue weighted by atomic mass is 16.6. The second kappa shape index (κ2) is 16.0. The van der Waals surface area contributed by atoms with Gasteiger partial charge in [-0.25, -0.2) is 4.79 Å². The number of carbonyl (C=O) groups excluding carboxylic acids is 3. The molecule has 4 heterocycles. The lowest BCUT2D eigenvalue weighted by Crippen LogP contribution is -2.82. The Balaban J connectivity index is 1.51. The minimum absolute atomic E-state index is 0.0285. The first kappa shape index (κ1) is 42.4. The van der Waals surface area contributed by atoms with E-state index >= 15 is 9.59 Å². The summed E-state index contributed by atoms with van der Waals surface area (Å²) < 4.78 is 39.5. The SMILES string of the molecule is COC(=O)/C(C)=C\CC12OC(C)(C)C3CC(C1=O)C(N1CCOCC1)C1C(=O)c4c(OCCCCO)c5c(c(CC=C(C)C)c4OC132)OC(C)(CCC=C(C)C)C=C5. The molecule has 8 rings (SSSR count). The summed E-state index contributed by atoms with van der Waals surface area (Å²) in [5, 5.41) is 9.65. The molecule has 316 valence electrons. The largest absolute Gasteiger partial charge is 0.492 e. The fourth-order valence-electron chi connectivity index (χ4n) is 10.8. The number of unbranched alkanes of at least 4 members (excludes halogenated alkanes) is 1. The number of ketones is 2. The van der Waals surface area contributed by atoms with E-state index in [-0.39, 0.29) is 37.1 Å². The monoisotopic (exact) mass is 801 g/mol. The van der Waals surface area contributed by atoms with Gasteiger partial charge in [0.15, 0.2) is 22.8 Å². The van der Waals surface area contributed by atoms with Crippen LogP contribution in [0.25, 0.3) is 6.08 Å². The van der Waals surface area contributed by atoms with Crippen molar-refractivity contribution in [1.82, 2.24) is 4.90 Å². The molecule has 0 radical (unpaired) electrons. The van der Waals surface area contributed by atoms with Crippen LogP contribution in [0.3, 0.4) is 0 Å². The number of ether oxygens (including phenoxy) is 6. The normalized spacial score (nSPS) is 31.7. The van der Waals surface area contributed by atoms with Crippen molar-refractivity contribution in [1.29, 1.82) is 0 Å². The van der Waals surface area contributed by atoms with Crippen LogP contribution >= 0.6 is 0 Å². The highest BCUT2D eigenvalue weighted by Crippen LogP contribution is 2.71. The Morgan fingerprint density at radius 3 is 2.38 bits per heavy atom. The predicted molar refractivity (Wildman–Crippen MR) is 220 cm³/mol. The van der Waals surface area contributed by atoms with Crippen LogP contribution in [0.5, 0.6) is 17.2 Å². The van der Waals surface area contributed by atoms with Crippen LogP contribution in [0.1, 0.15) is 115 Å². The van der Waals surface area contributed by atoms with Crippen LogP contribution in [0.4, 0.5) is 0 Å². The Hall–Kier alpha value is -3.77. The van der Waals surface area contributed by atoms with Crippen molar-refractivity contribution in [2.24, 2.45) is 17.8 Å². The second-order valence-corrected chi connectivity index (χ2v) is 18.3. The van der Waals surface area contributed by atoms with E-state index < -0.39 is 46.3 Å². The van der Waals surface area contributed by atoms with Gasteiger partial charge >= 0.3 is 5.97 Å². The van der Waals surface area contributed by atoms with Crippen molar-refractivity contribution >= 4 is 23.6 Å². The van der Waals surface area contributed by atoms with Gasteiger partial charge in [-0.2, -0.15) is 0 Å². The van der Waals surface area contributed by atoms with Gasteiger partial charge in [0.05, 0.1) is 44.0 Å². The summed E-state index contributed by atoms with van der Waals surface area (Å²) in [5.41, 5.74) is -0.0705. The number of rotatable bonds is 14. The number of aliphatic hydroxyl groups excluding tert-OH is 1. The molecule has 4 bridgehead atoms. The van der Waals surface area contributed by atoms with Crippen LogP contribution in [0.2, 0.25) is 0 Å². The molecule has 1 aromatic rings. The molecule has 1 N–H and O–H groups in total. The molecule has 0 aromatic heterocycles. The van der Waals surface area contributed by atoms with Crippen LogP contribution in [-0.4, -0.2) is 103 Å². The first-order chi connectivity index (χ1) is 27.6. The van der Waals surface area contributed by atoms with Gasteiger partial charge in [-0.05, 0) is 106 Å². The molecule has 1 spiro atoms. The molecule has 7 atom stereocenters. The third-order valence-corrected chi connectivity index (χ3v) is 13.5. The number of benzene rings is 1. The standard InChI is InChI=1S/C47H63NO10/c1-28(2)13-12-18-45(8)19-17-32-39(56-45)31(15-14-29(3)4)41-35(40(32)55-24-11-10-23-49)38(50)36-37(48-21-25-54-26-22-48)33-27-34-44(6,7)58-46(42(33)51,47(34,36)57-41)20-16-30(5)43(52)53-9/h13-14,16-17,19,33-34,36-37,49H,10-12,15,18,20-27H2,1-9H3/b30-16-. The molecule has 7 unspecified atom stereocenters. The number of carbonyl (C=O) groups is 3. The van der Waals surface area contributed by atoms with Gasteiger partial charge in [-0.1, -0.05) is 29.4 Å². The van der Waals surface area contributed by atoms with Crippen molar-refractivity contribution < 1.29 is 47.9 Å². The lowest BCUT2D eigenvalue weighted by molar-refractivity contribution is -0.216. The fraction of sp³-hybridized carbons (Fsp3) is 0.638. The first-order valence-corrected chi connectivity index (χ1v) is 21.2. The van der Waals surface area contributed by atoms with Crippen LogP contribution < -0.4 is 14.2 Å². The number of esters is 1. The quantitative estimate of drug-likeness (QED) is 0.0891. The van der Waals surface area contributed by atoms with E-state index in [0.717, 1.165) is 24.0 Å². The van der Waals surface area contributed by atoms with Gasteiger partial charge in [0.25, 0.3) is 0 Å². The van der Waals surface area contributed by atoms with Crippen molar-refractivity contribution in [2.75, 3.05) is 46.6 Å². The summed E-state index contributed by atoms with van der Waals surface area (Å²) in [7, 11) is 1.33. The third kappa shape index (κ3) is 6.87. The number of hydrogen-bond donors (Lipinski definition) is 1. The topological polar surface area (TPSA) is 130 Å². The number of fused-ring (bicyclic) bond motifs is 2. The lowest BCUT2D eigenvalue weighted by Gasteiger charge is -2.64. The zero-order chi connectivity index (χ0) is 41.8. The van der Waals surface area contributed by atoms with E-state index in [4.69, 9.17) is 28.4 Å². The molecule has 2 saturated heterocycles. The van der Waals surface area contributed by atoms with Crippen molar-refractivity contribution in [3.8, 4) is 17.2 Å².